The van der Waals surface area contributed by atoms with Crippen molar-refractivity contribution in [3.8, 4) is 11.5 Å². The second-order valence-electron chi connectivity index (χ2n) is 5.43. The molecular formula is C19H18N2O3S. The summed E-state index contributed by atoms with van der Waals surface area (Å²) >= 11 is 1.30. The lowest BCUT2D eigenvalue weighted by molar-refractivity contribution is -0.115. The highest BCUT2D eigenvalue weighted by Gasteiger charge is 2.24. The smallest absolute Gasteiger partial charge is 0.264 e. The third-order valence-corrected chi connectivity index (χ3v) is 4.52. The van der Waals surface area contributed by atoms with Crippen molar-refractivity contribution in [2.45, 2.75) is 6.92 Å². The first-order valence-electron chi connectivity index (χ1n) is 7.67. The van der Waals surface area contributed by atoms with E-state index in [0.717, 1.165) is 16.8 Å². The number of rotatable bonds is 4. The van der Waals surface area contributed by atoms with Gasteiger partial charge in [-0.25, -0.2) is 4.99 Å². The van der Waals surface area contributed by atoms with Crippen molar-refractivity contribution in [2.24, 2.45) is 4.99 Å². The number of carbonyl (C=O) groups is 1. The van der Waals surface area contributed by atoms with Gasteiger partial charge >= 0.3 is 0 Å². The number of benzene rings is 2. The molecule has 2 aromatic rings. The van der Waals surface area contributed by atoms with Crippen LogP contribution in [0.15, 0.2) is 52.4 Å². The molecule has 2 aromatic carbocycles. The zero-order valence-electron chi connectivity index (χ0n) is 14.2. The Hall–Kier alpha value is -2.73. The summed E-state index contributed by atoms with van der Waals surface area (Å²) < 4.78 is 10.6. The van der Waals surface area contributed by atoms with Crippen LogP contribution in [0.25, 0.3) is 6.08 Å². The van der Waals surface area contributed by atoms with E-state index in [-0.39, 0.29) is 5.91 Å². The Bertz CT molecular complexity index is 875. The lowest BCUT2D eigenvalue weighted by Gasteiger charge is -2.07. The van der Waals surface area contributed by atoms with Crippen molar-refractivity contribution < 1.29 is 14.3 Å². The molecular weight excluding hydrogens is 336 g/mol. The summed E-state index contributed by atoms with van der Waals surface area (Å²) in [6.45, 7) is 2.00. The molecule has 1 fully saturated rings. The predicted molar refractivity (Wildman–Crippen MR) is 102 cm³/mol. The first kappa shape index (κ1) is 17.1. The van der Waals surface area contributed by atoms with Gasteiger partial charge in [-0.1, -0.05) is 12.1 Å². The number of ether oxygens (including phenoxy) is 2. The van der Waals surface area contributed by atoms with Gasteiger partial charge in [-0.15, -0.1) is 0 Å². The third-order valence-electron chi connectivity index (χ3n) is 3.61. The van der Waals surface area contributed by atoms with Crippen LogP contribution in [0.4, 0.5) is 5.69 Å². The molecule has 1 heterocycles. The Morgan fingerprint density at radius 2 is 1.96 bits per heavy atom. The maximum atomic E-state index is 12.2. The summed E-state index contributed by atoms with van der Waals surface area (Å²) in [7, 11) is 3.19. The SMILES string of the molecule is COc1ccc(OC)c(C=C2SC(=Nc3cccc(C)c3)NC2=O)c1. The van der Waals surface area contributed by atoms with E-state index in [2.05, 4.69) is 10.3 Å². The Kier molecular flexibility index (Phi) is 5.09. The summed E-state index contributed by atoms with van der Waals surface area (Å²) in [5.41, 5.74) is 2.70. The van der Waals surface area contributed by atoms with Crippen molar-refractivity contribution in [1.82, 2.24) is 5.32 Å². The third kappa shape index (κ3) is 4.03. The fourth-order valence-corrected chi connectivity index (χ4v) is 3.22. The Morgan fingerprint density at radius 3 is 2.68 bits per heavy atom. The molecule has 0 aromatic heterocycles. The number of nitrogens with one attached hydrogen (secondary N) is 1. The van der Waals surface area contributed by atoms with Crippen LogP contribution in [0.5, 0.6) is 11.5 Å². The van der Waals surface area contributed by atoms with Crippen molar-refractivity contribution in [2.75, 3.05) is 14.2 Å². The first-order chi connectivity index (χ1) is 12.1. The number of thioether (sulfide) groups is 1. The predicted octanol–water partition coefficient (Wildman–Crippen LogP) is 3.90. The number of aliphatic imine (C=N–C) groups is 1. The topological polar surface area (TPSA) is 59.9 Å². The van der Waals surface area contributed by atoms with E-state index < -0.39 is 0 Å². The monoisotopic (exact) mass is 354 g/mol. The van der Waals surface area contributed by atoms with E-state index in [4.69, 9.17) is 9.47 Å². The van der Waals surface area contributed by atoms with E-state index in [1.807, 2.05) is 49.4 Å². The summed E-state index contributed by atoms with van der Waals surface area (Å²) in [5, 5.41) is 3.35. The maximum Gasteiger partial charge on any atom is 0.264 e. The molecule has 1 saturated heterocycles. The van der Waals surface area contributed by atoms with Crippen LogP contribution in [-0.4, -0.2) is 25.3 Å². The minimum Gasteiger partial charge on any atom is -0.497 e. The molecule has 0 bridgehead atoms. The van der Waals surface area contributed by atoms with Gasteiger partial charge < -0.3 is 14.8 Å². The largest absolute Gasteiger partial charge is 0.497 e. The average Bonchev–Trinajstić information content (AvgIpc) is 2.94. The highest BCUT2D eigenvalue weighted by Crippen LogP contribution is 2.32. The quantitative estimate of drug-likeness (QED) is 0.846. The van der Waals surface area contributed by atoms with E-state index in [9.17, 15) is 4.79 Å². The van der Waals surface area contributed by atoms with E-state index in [1.54, 1.807) is 20.3 Å². The first-order valence-corrected chi connectivity index (χ1v) is 8.49. The molecule has 1 amide bonds. The molecule has 3 rings (SSSR count). The Labute approximate surface area is 150 Å². The van der Waals surface area contributed by atoms with Gasteiger partial charge in [0.15, 0.2) is 5.17 Å². The Morgan fingerprint density at radius 1 is 1.12 bits per heavy atom. The van der Waals surface area contributed by atoms with Crippen molar-refractivity contribution in [1.29, 1.82) is 0 Å². The summed E-state index contributed by atoms with van der Waals surface area (Å²) in [4.78, 5) is 17.3. The van der Waals surface area contributed by atoms with E-state index in [1.165, 1.54) is 11.8 Å². The lowest BCUT2D eigenvalue weighted by Crippen LogP contribution is -2.19. The minimum atomic E-state index is -0.179. The van der Waals surface area contributed by atoms with Crippen LogP contribution in [0.1, 0.15) is 11.1 Å². The molecule has 1 aliphatic rings. The zero-order valence-corrected chi connectivity index (χ0v) is 15.0. The van der Waals surface area contributed by atoms with Gasteiger partial charge in [-0.2, -0.15) is 0 Å². The standard InChI is InChI=1S/C19H18N2O3S/c1-12-5-4-6-14(9-12)20-19-21-18(22)17(25-19)11-13-10-15(23-2)7-8-16(13)24-3/h4-11H,1-3H3,(H,20,21,22). The highest BCUT2D eigenvalue weighted by atomic mass is 32.2. The highest BCUT2D eigenvalue weighted by molar-refractivity contribution is 8.18. The normalized spacial score (nSPS) is 17.0. The van der Waals surface area contributed by atoms with Gasteiger partial charge in [0, 0.05) is 5.56 Å². The van der Waals surface area contributed by atoms with E-state index in [0.29, 0.717) is 21.6 Å². The summed E-state index contributed by atoms with van der Waals surface area (Å²) in [5.74, 6) is 1.19. The second-order valence-corrected chi connectivity index (χ2v) is 6.46. The zero-order chi connectivity index (χ0) is 17.8. The minimum absolute atomic E-state index is 0.179. The molecule has 1 aliphatic heterocycles. The number of hydrogen-bond acceptors (Lipinski definition) is 5. The van der Waals surface area contributed by atoms with Gasteiger partial charge in [0.2, 0.25) is 0 Å². The van der Waals surface area contributed by atoms with Crippen molar-refractivity contribution in [3.63, 3.8) is 0 Å². The molecule has 1 N–H and O–H groups in total. The number of carbonyl (C=O) groups excluding carboxylic acids is 1. The Balaban J connectivity index is 1.89. The molecule has 6 heteroatoms. The van der Waals surface area contributed by atoms with Gasteiger partial charge in [0.25, 0.3) is 5.91 Å². The van der Waals surface area contributed by atoms with Gasteiger partial charge in [0.1, 0.15) is 11.5 Å². The fraction of sp³-hybridized carbons (Fsp3) is 0.158. The maximum absolute atomic E-state index is 12.2. The molecule has 0 unspecified atom stereocenters. The molecule has 128 valence electrons. The number of aryl methyl sites for hydroxylation is 1. The lowest BCUT2D eigenvalue weighted by atomic mass is 10.1. The van der Waals surface area contributed by atoms with Gasteiger partial charge in [-0.3, -0.25) is 4.79 Å². The van der Waals surface area contributed by atoms with Gasteiger partial charge in [0.05, 0.1) is 24.8 Å². The summed E-state index contributed by atoms with van der Waals surface area (Å²) in [6, 6.07) is 13.3. The fourth-order valence-electron chi connectivity index (χ4n) is 2.39. The van der Waals surface area contributed by atoms with Gasteiger partial charge in [-0.05, 0) is 60.7 Å². The number of hydrogen-bond donors (Lipinski definition) is 1. The summed E-state index contributed by atoms with van der Waals surface area (Å²) in [6.07, 6.45) is 1.78. The van der Waals surface area contributed by atoms with Crippen LogP contribution in [-0.2, 0) is 4.79 Å². The molecule has 25 heavy (non-hydrogen) atoms. The van der Waals surface area contributed by atoms with Crippen molar-refractivity contribution >= 4 is 34.6 Å². The molecule has 0 atom stereocenters. The number of nitrogens with zero attached hydrogens (tertiary/aromatic N) is 1. The van der Waals surface area contributed by atoms with Crippen LogP contribution < -0.4 is 14.8 Å². The van der Waals surface area contributed by atoms with Crippen LogP contribution in [0.2, 0.25) is 0 Å². The van der Waals surface area contributed by atoms with E-state index >= 15 is 0 Å². The molecule has 0 radical (unpaired) electrons. The second kappa shape index (κ2) is 7.44. The van der Waals surface area contributed by atoms with Crippen molar-refractivity contribution in [3.05, 3.63) is 58.5 Å². The average molecular weight is 354 g/mol. The number of amidine groups is 1. The number of methoxy groups -OCH3 is 2. The van der Waals surface area contributed by atoms with Crippen LogP contribution in [0, 0.1) is 6.92 Å². The molecule has 5 nitrogen and oxygen atoms in total. The van der Waals surface area contributed by atoms with Crippen LogP contribution >= 0.6 is 11.8 Å². The molecule has 0 saturated carbocycles. The van der Waals surface area contributed by atoms with Crippen LogP contribution in [0.3, 0.4) is 0 Å². The molecule has 0 spiro atoms. The molecule has 0 aliphatic carbocycles. The number of amides is 1.